The topological polar surface area (TPSA) is 77.7 Å². The van der Waals surface area contributed by atoms with Crippen LogP contribution in [0.5, 0.6) is 0 Å². The van der Waals surface area contributed by atoms with Gasteiger partial charge in [0.2, 0.25) is 0 Å². The minimum atomic E-state index is -0.196. The van der Waals surface area contributed by atoms with E-state index in [0.29, 0.717) is 17.1 Å². The van der Waals surface area contributed by atoms with E-state index in [0.717, 1.165) is 16.9 Å². The van der Waals surface area contributed by atoms with Crippen molar-refractivity contribution in [2.75, 3.05) is 5.73 Å². The smallest absolute Gasteiger partial charge is 0.299 e. The predicted octanol–water partition coefficient (Wildman–Crippen LogP) is 3.79. The molecule has 0 bridgehead atoms. The highest BCUT2D eigenvalue weighted by molar-refractivity contribution is 5.54. The highest BCUT2D eigenvalue weighted by Gasteiger charge is 2.15. The first-order valence-corrected chi connectivity index (χ1v) is 7.61. The van der Waals surface area contributed by atoms with Crippen LogP contribution in [0.4, 0.5) is 17.1 Å². The second kappa shape index (κ2) is 6.16. The molecule has 0 atom stereocenters. The lowest BCUT2D eigenvalue weighted by molar-refractivity contribution is 0.630. The summed E-state index contributed by atoms with van der Waals surface area (Å²) >= 11 is 0. The molecular formula is C18H19N5O. The maximum absolute atomic E-state index is 12.7. The Balaban J connectivity index is 2.07. The Labute approximate surface area is 139 Å². The second-order valence-electron chi connectivity index (χ2n) is 5.66. The van der Waals surface area contributed by atoms with E-state index in [4.69, 9.17) is 5.73 Å². The summed E-state index contributed by atoms with van der Waals surface area (Å²) < 4.78 is 3.36. The molecule has 0 aliphatic carbocycles. The number of para-hydroxylation sites is 1. The van der Waals surface area contributed by atoms with Gasteiger partial charge in [-0.2, -0.15) is 5.11 Å². The van der Waals surface area contributed by atoms with E-state index < -0.39 is 0 Å². The first-order valence-electron chi connectivity index (χ1n) is 7.61. The van der Waals surface area contributed by atoms with Crippen molar-refractivity contribution in [2.45, 2.75) is 13.8 Å². The van der Waals surface area contributed by atoms with E-state index in [9.17, 15) is 4.79 Å². The third kappa shape index (κ3) is 2.74. The number of nitrogen functional groups attached to an aromatic ring is 1. The maximum Gasteiger partial charge on any atom is 0.299 e. The van der Waals surface area contributed by atoms with Gasteiger partial charge in [0.1, 0.15) is 0 Å². The van der Waals surface area contributed by atoms with Gasteiger partial charge in [0.15, 0.2) is 5.69 Å². The molecule has 0 aliphatic heterocycles. The standard InChI is InChI=1S/C18H19N5O/c1-12-11-14(19)9-10-16(12)20-21-17-13(2)22(3)23(18(17)24)15-7-5-4-6-8-15/h4-11H,19H2,1-3H3. The van der Waals surface area contributed by atoms with Crippen LogP contribution in [-0.4, -0.2) is 9.36 Å². The molecule has 1 heterocycles. The highest BCUT2D eigenvalue weighted by atomic mass is 16.1. The molecule has 6 heteroatoms. The molecule has 0 saturated heterocycles. The van der Waals surface area contributed by atoms with E-state index in [1.165, 1.54) is 0 Å². The first-order chi connectivity index (χ1) is 11.5. The fraction of sp³-hybridized carbons (Fsp3) is 0.167. The number of aromatic nitrogens is 2. The molecule has 3 rings (SSSR count). The Morgan fingerprint density at radius 3 is 2.38 bits per heavy atom. The Morgan fingerprint density at radius 1 is 1.00 bits per heavy atom. The molecule has 0 radical (unpaired) electrons. The number of nitrogens with two attached hydrogens (primary N) is 1. The van der Waals surface area contributed by atoms with Crippen molar-refractivity contribution in [2.24, 2.45) is 17.3 Å². The van der Waals surface area contributed by atoms with Crippen molar-refractivity contribution >= 4 is 17.1 Å². The van der Waals surface area contributed by atoms with Crippen molar-refractivity contribution in [3.63, 3.8) is 0 Å². The van der Waals surface area contributed by atoms with Crippen molar-refractivity contribution in [1.29, 1.82) is 0 Å². The molecule has 0 fully saturated rings. The van der Waals surface area contributed by atoms with Gasteiger partial charge in [-0.25, -0.2) is 4.68 Å². The van der Waals surface area contributed by atoms with Crippen molar-refractivity contribution in [1.82, 2.24) is 9.36 Å². The molecule has 3 aromatic rings. The zero-order chi connectivity index (χ0) is 17.3. The third-order valence-electron chi connectivity index (χ3n) is 4.00. The fourth-order valence-electron chi connectivity index (χ4n) is 2.56. The Bertz CT molecular complexity index is 967. The SMILES string of the molecule is Cc1cc(N)ccc1N=Nc1c(C)n(C)n(-c2ccccc2)c1=O. The summed E-state index contributed by atoms with van der Waals surface area (Å²) in [5, 5.41) is 8.43. The molecule has 24 heavy (non-hydrogen) atoms. The molecule has 0 amide bonds. The normalized spacial score (nSPS) is 11.3. The molecule has 1 aromatic heterocycles. The molecule has 2 aromatic carbocycles. The van der Waals surface area contributed by atoms with Gasteiger partial charge in [-0.1, -0.05) is 18.2 Å². The average molecular weight is 321 g/mol. The third-order valence-corrected chi connectivity index (χ3v) is 4.00. The largest absolute Gasteiger partial charge is 0.399 e. The average Bonchev–Trinajstić information content (AvgIpc) is 2.78. The Morgan fingerprint density at radius 2 is 1.71 bits per heavy atom. The summed E-state index contributed by atoms with van der Waals surface area (Å²) in [7, 11) is 1.83. The van der Waals surface area contributed by atoms with Gasteiger partial charge in [-0.15, -0.1) is 5.11 Å². The van der Waals surface area contributed by atoms with E-state index in [-0.39, 0.29) is 5.56 Å². The maximum atomic E-state index is 12.7. The van der Waals surface area contributed by atoms with Crippen LogP contribution in [0.1, 0.15) is 11.3 Å². The zero-order valence-corrected chi connectivity index (χ0v) is 13.9. The Kier molecular flexibility index (Phi) is 4.04. The van der Waals surface area contributed by atoms with Gasteiger partial charge < -0.3 is 5.73 Å². The predicted molar refractivity (Wildman–Crippen MR) is 95.5 cm³/mol. The Hall–Kier alpha value is -3.15. The highest BCUT2D eigenvalue weighted by Crippen LogP contribution is 2.24. The van der Waals surface area contributed by atoms with Crippen molar-refractivity contribution < 1.29 is 0 Å². The van der Waals surface area contributed by atoms with Crippen LogP contribution in [0.25, 0.3) is 5.69 Å². The number of benzene rings is 2. The van der Waals surface area contributed by atoms with Crippen LogP contribution in [0.3, 0.4) is 0 Å². The number of hydrogen-bond acceptors (Lipinski definition) is 4. The van der Waals surface area contributed by atoms with E-state index in [1.807, 2.05) is 57.3 Å². The number of azo groups is 1. The molecule has 0 aliphatic rings. The van der Waals surface area contributed by atoms with Gasteiger partial charge >= 0.3 is 0 Å². The summed E-state index contributed by atoms with van der Waals surface area (Å²) in [6.45, 7) is 3.76. The lowest BCUT2D eigenvalue weighted by Crippen LogP contribution is -2.19. The monoisotopic (exact) mass is 321 g/mol. The summed E-state index contributed by atoms with van der Waals surface area (Å²) in [6, 6.07) is 14.8. The second-order valence-corrected chi connectivity index (χ2v) is 5.66. The van der Waals surface area contributed by atoms with Crippen LogP contribution < -0.4 is 11.3 Å². The number of nitrogens with zero attached hydrogens (tertiary/aromatic N) is 4. The van der Waals surface area contributed by atoms with E-state index in [2.05, 4.69) is 10.2 Å². The van der Waals surface area contributed by atoms with Crippen molar-refractivity contribution in [3.8, 4) is 5.69 Å². The number of aryl methyl sites for hydroxylation is 1. The number of rotatable bonds is 3. The zero-order valence-electron chi connectivity index (χ0n) is 13.9. The van der Waals surface area contributed by atoms with Crippen LogP contribution in [-0.2, 0) is 7.05 Å². The first kappa shape index (κ1) is 15.7. The summed E-state index contributed by atoms with van der Waals surface area (Å²) in [6.07, 6.45) is 0. The fourth-order valence-corrected chi connectivity index (χ4v) is 2.56. The lowest BCUT2D eigenvalue weighted by atomic mass is 10.2. The van der Waals surface area contributed by atoms with E-state index in [1.54, 1.807) is 21.5 Å². The van der Waals surface area contributed by atoms with Gasteiger partial charge in [0, 0.05) is 12.7 Å². The van der Waals surface area contributed by atoms with Gasteiger partial charge in [0.25, 0.3) is 5.56 Å². The quantitative estimate of drug-likeness (QED) is 0.588. The van der Waals surface area contributed by atoms with Crippen LogP contribution in [0.2, 0.25) is 0 Å². The summed E-state index contributed by atoms with van der Waals surface area (Å²) in [5.41, 5.74) is 9.70. The van der Waals surface area contributed by atoms with Gasteiger partial charge in [-0.05, 0) is 49.7 Å². The molecule has 0 unspecified atom stereocenters. The molecule has 0 saturated carbocycles. The minimum Gasteiger partial charge on any atom is -0.399 e. The van der Waals surface area contributed by atoms with Crippen molar-refractivity contribution in [3.05, 3.63) is 70.1 Å². The molecule has 6 nitrogen and oxygen atoms in total. The van der Waals surface area contributed by atoms with E-state index >= 15 is 0 Å². The molecule has 2 N–H and O–H groups in total. The number of hydrogen-bond donors (Lipinski definition) is 1. The summed E-state index contributed by atoms with van der Waals surface area (Å²) in [5.74, 6) is 0. The van der Waals surface area contributed by atoms with Crippen LogP contribution in [0, 0.1) is 13.8 Å². The number of anilines is 1. The van der Waals surface area contributed by atoms with Gasteiger partial charge in [0.05, 0.1) is 17.1 Å². The molecule has 122 valence electrons. The van der Waals surface area contributed by atoms with Crippen LogP contribution in [0.15, 0.2) is 63.6 Å². The molecule has 0 spiro atoms. The van der Waals surface area contributed by atoms with Gasteiger partial charge in [-0.3, -0.25) is 9.48 Å². The molecular weight excluding hydrogens is 302 g/mol. The summed E-state index contributed by atoms with van der Waals surface area (Å²) in [4.78, 5) is 12.7. The lowest BCUT2D eigenvalue weighted by Gasteiger charge is -2.07. The van der Waals surface area contributed by atoms with Crippen LogP contribution >= 0.6 is 0 Å². The minimum absolute atomic E-state index is 0.196.